The highest BCUT2D eigenvalue weighted by Gasteiger charge is 2.22. The lowest BCUT2D eigenvalue weighted by Gasteiger charge is -2.23. The number of unbranched alkanes of at least 4 members (excludes halogenated alkanes) is 3. The van der Waals surface area contributed by atoms with Crippen LogP contribution >= 0.6 is 0 Å². The van der Waals surface area contributed by atoms with E-state index in [9.17, 15) is 0 Å². The smallest absolute Gasteiger partial charge is 0.186 e. The molecule has 21 heavy (non-hydrogen) atoms. The molecule has 0 aliphatic carbocycles. The van der Waals surface area contributed by atoms with E-state index < -0.39 is 16.9 Å². The van der Waals surface area contributed by atoms with Gasteiger partial charge in [-0.3, -0.25) is 0 Å². The van der Waals surface area contributed by atoms with Crippen LogP contribution in [0.2, 0.25) is 32.2 Å². The van der Waals surface area contributed by atoms with E-state index in [0.29, 0.717) is 0 Å². The Hall–Kier alpha value is -0.966. The summed E-state index contributed by atoms with van der Waals surface area (Å²) in [4.78, 5) is 16.2. The van der Waals surface area contributed by atoms with E-state index in [0.717, 1.165) is 0 Å². The fraction of sp³-hybridized carbons (Fsp3) is 0.588. The van der Waals surface area contributed by atoms with Crippen LogP contribution in [-0.2, 0) is 9.59 Å². The SMILES string of the molecule is CCCCCC[Si](C)(C)c1ccc([SiH](C)C)cc1.O=C=O. The Morgan fingerprint density at radius 2 is 1.52 bits per heavy atom. The van der Waals surface area contributed by atoms with Crippen molar-refractivity contribution < 1.29 is 9.59 Å². The first-order valence-corrected chi connectivity index (χ1v) is 14.1. The van der Waals surface area contributed by atoms with Gasteiger partial charge in [-0.25, -0.2) is 0 Å². The first-order chi connectivity index (χ1) is 9.88. The number of rotatable bonds is 7. The maximum atomic E-state index is 8.12. The average Bonchev–Trinajstić information content (AvgIpc) is 2.44. The highest BCUT2D eigenvalue weighted by Crippen LogP contribution is 2.15. The topological polar surface area (TPSA) is 34.1 Å². The van der Waals surface area contributed by atoms with Crippen LogP contribution < -0.4 is 10.4 Å². The van der Waals surface area contributed by atoms with Crippen molar-refractivity contribution in [2.75, 3.05) is 0 Å². The highest BCUT2D eigenvalue weighted by molar-refractivity contribution is 6.89. The minimum atomic E-state index is -1.17. The summed E-state index contributed by atoms with van der Waals surface area (Å²) in [7, 11) is -1.79. The van der Waals surface area contributed by atoms with Crippen LogP contribution in [0.3, 0.4) is 0 Å². The predicted octanol–water partition coefficient (Wildman–Crippen LogP) is 3.29. The quantitative estimate of drug-likeness (QED) is 0.570. The van der Waals surface area contributed by atoms with Crippen molar-refractivity contribution in [3.8, 4) is 0 Å². The molecule has 0 bridgehead atoms. The minimum Gasteiger partial charge on any atom is -0.186 e. The fourth-order valence-corrected chi connectivity index (χ4v) is 5.91. The van der Waals surface area contributed by atoms with Gasteiger partial charge in [-0.2, -0.15) is 9.59 Å². The Kier molecular flexibility index (Phi) is 10.2. The summed E-state index contributed by atoms with van der Waals surface area (Å²) >= 11 is 0. The van der Waals surface area contributed by atoms with E-state index in [-0.39, 0.29) is 6.15 Å². The van der Waals surface area contributed by atoms with Crippen molar-refractivity contribution in [2.45, 2.75) is 64.8 Å². The molecule has 0 aliphatic heterocycles. The Bertz CT molecular complexity index is 419. The molecule has 2 nitrogen and oxygen atoms in total. The third-order valence-electron chi connectivity index (χ3n) is 4.01. The number of benzene rings is 1. The summed E-state index contributed by atoms with van der Waals surface area (Å²) < 4.78 is 0. The lowest BCUT2D eigenvalue weighted by molar-refractivity contribution is -0.191. The molecular weight excluding hydrogens is 292 g/mol. The molecule has 0 amide bonds. The van der Waals surface area contributed by atoms with Crippen molar-refractivity contribution in [3.63, 3.8) is 0 Å². The third-order valence-corrected chi connectivity index (χ3v) is 9.23. The molecule has 0 unspecified atom stereocenters. The van der Waals surface area contributed by atoms with E-state index in [2.05, 4.69) is 57.4 Å². The first kappa shape index (κ1) is 20.0. The lowest BCUT2D eigenvalue weighted by Crippen LogP contribution is -2.42. The summed E-state index contributed by atoms with van der Waals surface area (Å²) in [6.45, 7) is 12.2. The molecule has 0 aliphatic rings. The van der Waals surface area contributed by atoms with Gasteiger partial charge in [0.05, 0.1) is 16.9 Å². The zero-order chi connectivity index (χ0) is 16.3. The molecule has 4 heteroatoms. The Morgan fingerprint density at radius 1 is 1.00 bits per heavy atom. The van der Waals surface area contributed by atoms with Crippen LogP contribution in [0.5, 0.6) is 0 Å². The molecule has 0 fully saturated rings. The van der Waals surface area contributed by atoms with Crippen molar-refractivity contribution in [1.29, 1.82) is 0 Å². The van der Waals surface area contributed by atoms with Gasteiger partial charge in [0, 0.05) is 0 Å². The van der Waals surface area contributed by atoms with Gasteiger partial charge in [0.15, 0.2) is 0 Å². The Balaban J connectivity index is 0.00000122. The summed E-state index contributed by atoms with van der Waals surface area (Å²) in [5, 5.41) is 3.26. The van der Waals surface area contributed by atoms with E-state index in [4.69, 9.17) is 9.59 Å². The second-order valence-electron chi connectivity index (χ2n) is 6.55. The highest BCUT2D eigenvalue weighted by atomic mass is 28.3. The van der Waals surface area contributed by atoms with Gasteiger partial charge < -0.3 is 0 Å². The van der Waals surface area contributed by atoms with E-state index in [1.807, 2.05) is 0 Å². The normalized spacial score (nSPS) is 10.8. The largest absolute Gasteiger partial charge is 0.373 e. The van der Waals surface area contributed by atoms with E-state index >= 15 is 0 Å². The van der Waals surface area contributed by atoms with Gasteiger partial charge >= 0.3 is 6.15 Å². The van der Waals surface area contributed by atoms with Crippen LogP contribution in [0.4, 0.5) is 0 Å². The first-order valence-electron chi connectivity index (χ1n) is 7.98. The monoisotopic (exact) mass is 322 g/mol. The molecular formula is C17H30O2Si2. The summed E-state index contributed by atoms with van der Waals surface area (Å²) in [5.74, 6) is 0. The zero-order valence-electron chi connectivity index (χ0n) is 14.2. The maximum Gasteiger partial charge on any atom is 0.373 e. The van der Waals surface area contributed by atoms with Gasteiger partial charge in [-0.05, 0) is 0 Å². The molecule has 0 N–H and O–H groups in total. The van der Waals surface area contributed by atoms with Crippen LogP contribution in [0.15, 0.2) is 24.3 Å². The van der Waals surface area contributed by atoms with Crippen molar-refractivity contribution >= 4 is 33.4 Å². The van der Waals surface area contributed by atoms with Crippen molar-refractivity contribution in [1.82, 2.24) is 0 Å². The van der Waals surface area contributed by atoms with Gasteiger partial charge in [-0.15, -0.1) is 0 Å². The third kappa shape index (κ3) is 8.15. The molecule has 0 atom stereocenters. The van der Waals surface area contributed by atoms with Crippen molar-refractivity contribution in [3.05, 3.63) is 24.3 Å². The molecule has 0 radical (unpaired) electrons. The van der Waals surface area contributed by atoms with Gasteiger partial charge in [0.1, 0.15) is 0 Å². The van der Waals surface area contributed by atoms with Crippen LogP contribution in [-0.4, -0.2) is 23.0 Å². The molecule has 1 rings (SSSR count). The van der Waals surface area contributed by atoms with E-state index in [1.165, 1.54) is 31.7 Å². The van der Waals surface area contributed by atoms with Crippen LogP contribution in [0.25, 0.3) is 0 Å². The minimum absolute atomic E-state index is 0.250. The molecule has 0 heterocycles. The molecule has 0 saturated carbocycles. The molecule has 1 aromatic rings. The standard InChI is InChI=1S/C16H30Si2.CO2/c1-6-7-8-9-14-18(4,5)16-12-10-15(11-13-16)17(2)3;2-1-3/h10-13,17H,6-9,14H2,1-5H3;. The fourth-order valence-electron chi connectivity index (χ4n) is 2.46. The lowest BCUT2D eigenvalue weighted by atomic mass is 10.2. The van der Waals surface area contributed by atoms with Crippen LogP contribution in [0, 0.1) is 0 Å². The van der Waals surface area contributed by atoms with Crippen molar-refractivity contribution in [2.24, 2.45) is 0 Å². The molecule has 0 saturated heterocycles. The van der Waals surface area contributed by atoms with Crippen LogP contribution in [0.1, 0.15) is 32.6 Å². The van der Waals surface area contributed by atoms with Gasteiger partial charge in [0.2, 0.25) is 0 Å². The molecule has 1 aromatic carbocycles. The Labute approximate surface area is 132 Å². The van der Waals surface area contributed by atoms with Gasteiger partial charge in [-0.1, -0.05) is 99.5 Å². The second kappa shape index (κ2) is 10.7. The number of carbonyl (C=O) groups excluding carboxylic acids is 2. The Morgan fingerprint density at radius 3 is 1.95 bits per heavy atom. The molecule has 118 valence electrons. The summed E-state index contributed by atoms with van der Waals surface area (Å²) in [5.41, 5.74) is 0. The molecule has 0 aromatic heterocycles. The average molecular weight is 323 g/mol. The summed E-state index contributed by atoms with van der Waals surface area (Å²) in [6.07, 6.45) is 5.84. The molecule has 0 spiro atoms. The van der Waals surface area contributed by atoms with E-state index in [1.54, 1.807) is 10.4 Å². The number of hydrogen-bond acceptors (Lipinski definition) is 2. The second-order valence-corrected chi connectivity index (χ2v) is 14.4. The maximum absolute atomic E-state index is 8.12. The van der Waals surface area contributed by atoms with Gasteiger partial charge in [0.25, 0.3) is 0 Å². The zero-order valence-corrected chi connectivity index (χ0v) is 16.4. The summed E-state index contributed by atoms with van der Waals surface area (Å²) in [6, 6.07) is 11.1. The predicted molar refractivity (Wildman–Crippen MR) is 96.0 cm³/mol. The number of hydrogen-bond donors (Lipinski definition) is 0.